The Balaban J connectivity index is 2.14. The number of carbonyl (C=O) groups is 1. The Kier molecular flexibility index (Phi) is 3.19. The summed E-state index contributed by atoms with van der Waals surface area (Å²) in [5.41, 5.74) is 5.00. The largest absolute Gasteiger partial charge is 0.368 e. The average molecular weight is 236 g/mol. The minimum atomic E-state index is -0.565. The van der Waals surface area contributed by atoms with Crippen LogP contribution in [-0.2, 0) is 4.79 Å². The minimum Gasteiger partial charge on any atom is -0.368 e. The van der Waals surface area contributed by atoms with Crippen LogP contribution in [0.5, 0.6) is 0 Å². The Labute approximate surface area is 101 Å². The number of nitrogens with one attached hydrogen (secondary N) is 1. The van der Waals surface area contributed by atoms with Crippen molar-refractivity contribution in [1.29, 1.82) is 0 Å². The van der Waals surface area contributed by atoms with Gasteiger partial charge in [-0.15, -0.1) is 0 Å². The van der Waals surface area contributed by atoms with Crippen LogP contribution in [0, 0.1) is 0 Å². The fraction of sp³-hybridized carbons (Fsp3) is 0.667. The summed E-state index contributed by atoms with van der Waals surface area (Å²) < 4.78 is 1.92. The van der Waals surface area contributed by atoms with Crippen LogP contribution in [0.25, 0.3) is 0 Å². The van der Waals surface area contributed by atoms with E-state index in [1.54, 1.807) is 6.20 Å². The summed E-state index contributed by atoms with van der Waals surface area (Å²) >= 11 is 0. The standard InChI is InChI=1S/C12H20N4O/c1-9(2)15-12(11(13)17)5-4-10(8-12)16-7-3-6-14-16/h3,6-7,9-10,15H,4-5,8H2,1-2H3,(H2,13,17). The summed E-state index contributed by atoms with van der Waals surface area (Å²) in [6, 6.07) is 2.42. The molecule has 0 bridgehead atoms. The van der Waals surface area contributed by atoms with Gasteiger partial charge in [0.05, 0.1) is 11.6 Å². The van der Waals surface area contributed by atoms with Crippen LogP contribution < -0.4 is 11.1 Å². The highest BCUT2D eigenvalue weighted by Gasteiger charge is 2.44. The van der Waals surface area contributed by atoms with E-state index in [0.29, 0.717) is 0 Å². The van der Waals surface area contributed by atoms with Crippen molar-refractivity contribution in [1.82, 2.24) is 15.1 Å². The molecule has 1 heterocycles. The molecule has 2 rings (SSSR count). The first kappa shape index (κ1) is 12.1. The molecule has 94 valence electrons. The van der Waals surface area contributed by atoms with Crippen LogP contribution >= 0.6 is 0 Å². The lowest BCUT2D eigenvalue weighted by molar-refractivity contribution is -0.124. The van der Waals surface area contributed by atoms with Crippen molar-refractivity contribution in [3.8, 4) is 0 Å². The van der Waals surface area contributed by atoms with Crippen molar-refractivity contribution < 1.29 is 4.79 Å². The molecule has 3 N–H and O–H groups in total. The van der Waals surface area contributed by atoms with Gasteiger partial charge in [0.1, 0.15) is 0 Å². The second-order valence-electron chi connectivity index (χ2n) is 5.13. The first-order valence-electron chi connectivity index (χ1n) is 6.10. The number of rotatable bonds is 4. The zero-order valence-electron chi connectivity index (χ0n) is 10.4. The summed E-state index contributed by atoms with van der Waals surface area (Å²) in [5, 5.41) is 7.57. The van der Waals surface area contributed by atoms with Crippen LogP contribution in [0.1, 0.15) is 39.2 Å². The minimum absolute atomic E-state index is 0.249. The zero-order chi connectivity index (χ0) is 12.5. The summed E-state index contributed by atoms with van der Waals surface area (Å²) in [4.78, 5) is 11.7. The van der Waals surface area contributed by atoms with Crippen LogP contribution in [0.15, 0.2) is 18.5 Å². The topological polar surface area (TPSA) is 72.9 Å². The lowest BCUT2D eigenvalue weighted by atomic mass is 9.95. The number of primary amides is 1. The smallest absolute Gasteiger partial charge is 0.237 e. The third kappa shape index (κ3) is 2.34. The molecule has 5 heteroatoms. The molecule has 2 unspecified atom stereocenters. The molecule has 0 radical (unpaired) electrons. The van der Waals surface area contributed by atoms with E-state index in [2.05, 4.69) is 10.4 Å². The molecule has 0 aromatic carbocycles. The molecule has 17 heavy (non-hydrogen) atoms. The molecule has 1 aromatic heterocycles. The van der Waals surface area contributed by atoms with E-state index in [1.807, 2.05) is 30.8 Å². The maximum Gasteiger partial charge on any atom is 0.237 e. The molecular formula is C12H20N4O. The Morgan fingerprint density at radius 3 is 2.94 bits per heavy atom. The van der Waals surface area contributed by atoms with Gasteiger partial charge in [-0.1, -0.05) is 0 Å². The highest BCUT2D eigenvalue weighted by atomic mass is 16.1. The SMILES string of the molecule is CC(C)NC1(C(N)=O)CCC(n2cccn2)C1. The number of carbonyl (C=O) groups excluding carboxylic acids is 1. The Bertz CT molecular complexity index is 387. The molecule has 5 nitrogen and oxygen atoms in total. The molecule has 1 saturated carbocycles. The predicted octanol–water partition coefficient (Wildman–Crippen LogP) is 0.830. The second-order valence-corrected chi connectivity index (χ2v) is 5.13. The van der Waals surface area contributed by atoms with Crippen LogP contribution in [0.2, 0.25) is 0 Å². The Morgan fingerprint density at radius 1 is 1.65 bits per heavy atom. The molecule has 1 amide bonds. The fourth-order valence-corrected chi connectivity index (χ4v) is 2.72. The molecule has 0 aliphatic heterocycles. The highest BCUT2D eigenvalue weighted by Crippen LogP contribution is 2.37. The van der Waals surface area contributed by atoms with Gasteiger partial charge in [0.25, 0.3) is 0 Å². The van der Waals surface area contributed by atoms with Crippen LogP contribution in [-0.4, -0.2) is 27.3 Å². The summed E-state index contributed by atoms with van der Waals surface area (Å²) in [7, 11) is 0. The lowest BCUT2D eigenvalue weighted by Gasteiger charge is -2.29. The van der Waals surface area contributed by atoms with Gasteiger partial charge in [-0.25, -0.2) is 0 Å². The first-order chi connectivity index (χ1) is 8.03. The fourth-order valence-electron chi connectivity index (χ4n) is 2.72. The van der Waals surface area contributed by atoms with Crippen molar-refractivity contribution in [3.63, 3.8) is 0 Å². The first-order valence-corrected chi connectivity index (χ1v) is 6.10. The van der Waals surface area contributed by atoms with Gasteiger partial charge in [-0.3, -0.25) is 9.48 Å². The maximum absolute atomic E-state index is 11.7. The molecule has 0 saturated heterocycles. The van der Waals surface area contributed by atoms with Gasteiger partial charge >= 0.3 is 0 Å². The number of nitrogens with two attached hydrogens (primary N) is 1. The number of hydrogen-bond acceptors (Lipinski definition) is 3. The Morgan fingerprint density at radius 2 is 2.41 bits per heavy atom. The van der Waals surface area contributed by atoms with Crippen LogP contribution in [0.4, 0.5) is 0 Å². The van der Waals surface area contributed by atoms with Crippen LogP contribution in [0.3, 0.4) is 0 Å². The van der Waals surface area contributed by atoms with E-state index in [0.717, 1.165) is 19.3 Å². The third-order valence-corrected chi connectivity index (χ3v) is 3.42. The van der Waals surface area contributed by atoms with Gasteiger partial charge in [-0.05, 0) is 39.2 Å². The molecular weight excluding hydrogens is 216 g/mol. The van der Waals surface area contributed by atoms with E-state index in [9.17, 15) is 4.79 Å². The van der Waals surface area contributed by atoms with E-state index in [4.69, 9.17) is 5.73 Å². The monoisotopic (exact) mass is 236 g/mol. The molecule has 2 atom stereocenters. The Hall–Kier alpha value is -1.36. The number of aromatic nitrogens is 2. The summed E-state index contributed by atoms with van der Waals surface area (Å²) in [6.45, 7) is 4.07. The molecule has 1 aromatic rings. The molecule has 1 fully saturated rings. The zero-order valence-corrected chi connectivity index (χ0v) is 10.4. The van der Waals surface area contributed by atoms with Crippen molar-refractivity contribution in [2.24, 2.45) is 5.73 Å². The average Bonchev–Trinajstić information content (AvgIpc) is 2.84. The van der Waals surface area contributed by atoms with E-state index in [1.165, 1.54) is 0 Å². The quantitative estimate of drug-likeness (QED) is 0.813. The van der Waals surface area contributed by atoms with Gasteiger partial charge in [0.15, 0.2) is 0 Å². The number of nitrogens with zero attached hydrogens (tertiary/aromatic N) is 2. The van der Waals surface area contributed by atoms with Crippen molar-refractivity contribution >= 4 is 5.91 Å². The van der Waals surface area contributed by atoms with E-state index >= 15 is 0 Å². The number of amides is 1. The van der Waals surface area contributed by atoms with Crippen molar-refractivity contribution in [2.75, 3.05) is 0 Å². The summed E-state index contributed by atoms with van der Waals surface area (Å²) in [5.74, 6) is -0.249. The highest BCUT2D eigenvalue weighted by molar-refractivity contribution is 5.85. The van der Waals surface area contributed by atoms with Crippen molar-refractivity contribution in [3.05, 3.63) is 18.5 Å². The van der Waals surface area contributed by atoms with E-state index < -0.39 is 5.54 Å². The van der Waals surface area contributed by atoms with Gasteiger partial charge < -0.3 is 11.1 Å². The predicted molar refractivity (Wildman–Crippen MR) is 65.3 cm³/mol. The van der Waals surface area contributed by atoms with E-state index in [-0.39, 0.29) is 18.0 Å². The van der Waals surface area contributed by atoms with Gasteiger partial charge in [0.2, 0.25) is 5.91 Å². The normalized spacial score (nSPS) is 28.8. The molecule has 1 aliphatic carbocycles. The summed E-state index contributed by atoms with van der Waals surface area (Å²) in [6.07, 6.45) is 6.15. The van der Waals surface area contributed by atoms with Gasteiger partial charge in [-0.2, -0.15) is 5.10 Å². The second kappa shape index (κ2) is 4.49. The third-order valence-electron chi connectivity index (χ3n) is 3.42. The maximum atomic E-state index is 11.7. The molecule has 0 spiro atoms. The number of hydrogen-bond donors (Lipinski definition) is 2. The lowest BCUT2D eigenvalue weighted by Crippen LogP contribution is -2.56. The van der Waals surface area contributed by atoms with Gasteiger partial charge in [0, 0.05) is 18.4 Å². The molecule has 1 aliphatic rings. The van der Waals surface area contributed by atoms with Crippen molar-refractivity contribution in [2.45, 2.75) is 50.7 Å².